The Labute approximate surface area is 134 Å². The highest BCUT2D eigenvalue weighted by Crippen LogP contribution is 2.17. The number of likely N-dealkylation sites (tertiary alicyclic amines) is 1. The summed E-state index contributed by atoms with van der Waals surface area (Å²) in [4.78, 5) is 13.7. The number of carbonyl (C=O) groups is 1. The third kappa shape index (κ3) is 5.78. The number of nitrogens with zero attached hydrogens (tertiary/aromatic N) is 1. The van der Waals surface area contributed by atoms with Gasteiger partial charge in [0.2, 0.25) is 5.91 Å². The molecule has 1 aliphatic heterocycles. The van der Waals surface area contributed by atoms with E-state index < -0.39 is 0 Å². The fraction of sp³-hybridized carbons (Fsp3) is 0.611. The van der Waals surface area contributed by atoms with Crippen LogP contribution in [0, 0.1) is 0 Å². The fourth-order valence-electron chi connectivity index (χ4n) is 3.01. The highest BCUT2D eigenvalue weighted by Gasteiger charge is 2.10. The Morgan fingerprint density at radius 2 is 1.95 bits per heavy atom. The van der Waals surface area contributed by atoms with Crippen molar-refractivity contribution >= 4 is 11.6 Å². The van der Waals surface area contributed by atoms with Crippen LogP contribution in [0.1, 0.15) is 51.1 Å². The molecule has 1 heterocycles. The molecule has 2 rings (SSSR count). The minimum atomic E-state index is -0.0288. The number of anilines is 1. The van der Waals surface area contributed by atoms with E-state index in [-0.39, 0.29) is 5.91 Å². The molecule has 0 radical (unpaired) electrons. The van der Waals surface area contributed by atoms with Crippen molar-refractivity contribution in [3.8, 4) is 0 Å². The number of carbonyl (C=O) groups excluding carboxylic acids is 1. The van der Waals surface area contributed by atoms with E-state index in [1.54, 1.807) is 0 Å². The highest BCUT2D eigenvalue weighted by molar-refractivity contribution is 5.88. The van der Waals surface area contributed by atoms with Crippen LogP contribution in [0.4, 0.5) is 5.69 Å². The summed E-state index contributed by atoms with van der Waals surface area (Å²) in [6, 6.07) is 8.36. The maximum atomic E-state index is 11.1. The highest BCUT2D eigenvalue weighted by atomic mass is 16.1. The average molecular weight is 303 g/mol. The quantitative estimate of drug-likeness (QED) is 0.848. The van der Waals surface area contributed by atoms with Crippen LogP contribution in [0.5, 0.6) is 0 Å². The first-order valence-corrected chi connectivity index (χ1v) is 8.48. The Bertz CT molecular complexity index is 467. The van der Waals surface area contributed by atoms with Crippen molar-refractivity contribution in [2.75, 3.05) is 31.5 Å². The van der Waals surface area contributed by atoms with Gasteiger partial charge in [0, 0.05) is 31.7 Å². The van der Waals surface area contributed by atoms with Crippen molar-refractivity contribution < 1.29 is 4.79 Å². The molecule has 0 bridgehead atoms. The lowest BCUT2D eigenvalue weighted by Crippen LogP contribution is -2.33. The van der Waals surface area contributed by atoms with Crippen molar-refractivity contribution in [3.63, 3.8) is 0 Å². The monoisotopic (exact) mass is 303 g/mol. The second-order valence-corrected chi connectivity index (χ2v) is 6.24. The zero-order valence-electron chi connectivity index (χ0n) is 13.9. The number of nitrogens with one attached hydrogen (secondary N) is 2. The van der Waals surface area contributed by atoms with E-state index in [0.29, 0.717) is 6.04 Å². The van der Waals surface area contributed by atoms with E-state index in [4.69, 9.17) is 0 Å². The maximum absolute atomic E-state index is 11.1. The van der Waals surface area contributed by atoms with Crippen LogP contribution in [0.15, 0.2) is 24.3 Å². The van der Waals surface area contributed by atoms with E-state index in [0.717, 1.165) is 18.8 Å². The molecule has 4 heteroatoms. The lowest BCUT2D eigenvalue weighted by atomic mass is 10.1. The molecule has 0 saturated carbocycles. The summed E-state index contributed by atoms with van der Waals surface area (Å²) in [5.41, 5.74) is 2.08. The van der Waals surface area contributed by atoms with E-state index in [2.05, 4.69) is 28.5 Å². The molecule has 1 saturated heterocycles. The van der Waals surface area contributed by atoms with Crippen LogP contribution in [0.25, 0.3) is 0 Å². The Kier molecular flexibility index (Phi) is 6.87. The number of rotatable bonds is 6. The SMILES string of the molecule is CC(=O)Nc1cccc(C(C)NCCN2CCCCCC2)c1. The summed E-state index contributed by atoms with van der Waals surface area (Å²) in [5, 5.41) is 6.43. The van der Waals surface area contributed by atoms with Crippen molar-refractivity contribution in [2.45, 2.75) is 45.6 Å². The molecule has 122 valence electrons. The molecule has 0 aliphatic carbocycles. The van der Waals surface area contributed by atoms with Gasteiger partial charge in [-0.25, -0.2) is 0 Å². The van der Waals surface area contributed by atoms with E-state index in [1.807, 2.05) is 18.2 Å². The standard InChI is InChI=1S/C18H29N3O/c1-15(17-8-7-9-18(14-17)20-16(2)22)19-10-13-21-11-5-3-4-6-12-21/h7-9,14-15,19H,3-6,10-13H2,1-2H3,(H,20,22). The van der Waals surface area contributed by atoms with Gasteiger partial charge in [-0.2, -0.15) is 0 Å². The van der Waals surface area contributed by atoms with Crippen LogP contribution < -0.4 is 10.6 Å². The molecule has 0 spiro atoms. The molecule has 1 aromatic carbocycles. The topological polar surface area (TPSA) is 44.4 Å². The summed E-state index contributed by atoms with van der Waals surface area (Å²) >= 11 is 0. The minimum Gasteiger partial charge on any atom is -0.326 e. The zero-order chi connectivity index (χ0) is 15.8. The van der Waals surface area contributed by atoms with Crippen molar-refractivity contribution in [2.24, 2.45) is 0 Å². The normalized spacial score (nSPS) is 17.7. The molecule has 1 aliphatic rings. The summed E-state index contributed by atoms with van der Waals surface area (Å²) in [6.45, 7) is 8.33. The first-order valence-electron chi connectivity index (χ1n) is 8.48. The summed E-state index contributed by atoms with van der Waals surface area (Å²) in [7, 11) is 0. The Balaban J connectivity index is 1.78. The fourth-order valence-corrected chi connectivity index (χ4v) is 3.01. The van der Waals surface area contributed by atoms with Crippen LogP contribution in [-0.4, -0.2) is 37.0 Å². The van der Waals surface area contributed by atoms with Gasteiger partial charge in [-0.3, -0.25) is 4.79 Å². The van der Waals surface area contributed by atoms with Crippen molar-refractivity contribution in [3.05, 3.63) is 29.8 Å². The van der Waals surface area contributed by atoms with Gasteiger partial charge in [-0.1, -0.05) is 25.0 Å². The van der Waals surface area contributed by atoms with Crippen LogP contribution in [0.2, 0.25) is 0 Å². The number of hydrogen-bond donors (Lipinski definition) is 2. The van der Waals surface area contributed by atoms with E-state index in [1.165, 1.54) is 51.3 Å². The minimum absolute atomic E-state index is 0.0288. The second kappa shape index (κ2) is 8.91. The molecule has 1 fully saturated rings. The predicted octanol–water partition coefficient (Wildman–Crippen LogP) is 3.17. The van der Waals surface area contributed by atoms with Gasteiger partial charge in [-0.15, -0.1) is 0 Å². The smallest absolute Gasteiger partial charge is 0.221 e. The summed E-state index contributed by atoms with van der Waals surface area (Å²) in [5.74, 6) is -0.0288. The van der Waals surface area contributed by atoms with E-state index >= 15 is 0 Å². The van der Waals surface area contributed by atoms with E-state index in [9.17, 15) is 4.79 Å². The molecule has 0 aromatic heterocycles. The maximum Gasteiger partial charge on any atom is 0.221 e. The van der Waals surface area contributed by atoms with Crippen molar-refractivity contribution in [1.29, 1.82) is 0 Å². The third-order valence-corrected chi connectivity index (χ3v) is 4.28. The first-order chi connectivity index (χ1) is 10.6. The van der Waals surface area contributed by atoms with Crippen LogP contribution in [0.3, 0.4) is 0 Å². The molecule has 4 nitrogen and oxygen atoms in total. The van der Waals surface area contributed by atoms with Gasteiger partial charge in [-0.05, 0) is 50.6 Å². The largest absolute Gasteiger partial charge is 0.326 e. The lowest BCUT2D eigenvalue weighted by molar-refractivity contribution is -0.114. The Hall–Kier alpha value is -1.39. The molecular formula is C18H29N3O. The first kappa shape index (κ1) is 17.0. The second-order valence-electron chi connectivity index (χ2n) is 6.24. The van der Waals surface area contributed by atoms with Gasteiger partial charge in [0.25, 0.3) is 0 Å². The summed E-state index contributed by atoms with van der Waals surface area (Å²) in [6.07, 6.45) is 5.45. The zero-order valence-corrected chi connectivity index (χ0v) is 13.9. The Morgan fingerprint density at radius 1 is 1.23 bits per heavy atom. The molecule has 1 atom stereocenters. The molecule has 1 unspecified atom stereocenters. The van der Waals surface area contributed by atoms with Gasteiger partial charge in [0.15, 0.2) is 0 Å². The third-order valence-electron chi connectivity index (χ3n) is 4.28. The molecule has 1 aromatic rings. The number of amides is 1. The molecule has 22 heavy (non-hydrogen) atoms. The van der Waals surface area contributed by atoms with Gasteiger partial charge in [0.05, 0.1) is 0 Å². The van der Waals surface area contributed by atoms with Gasteiger partial charge >= 0.3 is 0 Å². The molecular weight excluding hydrogens is 274 g/mol. The Morgan fingerprint density at radius 3 is 2.64 bits per heavy atom. The predicted molar refractivity (Wildman–Crippen MR) is 92.1 cm³/mol. The lowest BCUT2D eigenvalue weighted by Gasteiger charge is -2.22. The number of hydrogen-bond acceptors (Lipinski definition) is 3. The van der Waals surface area contributed by atoms with Crippen molar-refractivity contribution in [1.82, 2.24) is 10.2 Å². The average Bonchev–Trinajstić information content (AvgIpc) is 2.75. The molecule has 1 amide bonds. The summed E-state index contributed by atoms with van der Waals surface area (Å²) < 4.78 is 0. The van der Waals surface area contributed by atoms with Crippen LogP contribution >= 0.6 is 0 Å². The van der Waals surface area contributed by atoms with Crippen LogP contribution in [-0.2, 0) is 4.79 Å². The number of benzene rings is 1. The van der Waals surface area contributed by atoms with Gasteiger partial charge in [0.1, 0.15) is 0 Å². The molecule has 2 N–H and O–H groups in total. The van der Waals surface area contributed by atoms with Gasteiger partial charge < -0.3 is 15.5 Å².